The Labute approximate surface area is 97.3 Å². The van der Waals surface area contributed by atoms with E-state index in [4.69, 9.17) is 5.26 Å². The second-order valence-corrected chi connectivity index (χ2v) is 3.45. The summed E-state index contributed by atoms with van der Waals surface area (Å²) in [5.74, 6) is 0.0628. The number of nitrogens with zero attached hydrogens (tertiary/aromatic N) is 2. The van der Waals surface area contributed by atoms with Gasteiger partial charge in [-0.3, -0.25) is 9.78 Å². The summed E-state index contributed by atoms with van der Waals surface area (Å²) in [6.45, 7) is 0. The number of hydrogen-bond donors (Lipinski definition) is 2. The second kappa shape index (κ2) is 4.49. The zero-order valence-electron chi connectivity index (χ0n) is 8.79. The van der Waals surface area contributed by atoms with Crippen LogP contribution in [0.4, 0.5) is 0 Å². The average molecular weight is 227 g/mol. The molecule has 0 bridgehead atoms. The van der Waals surface area contributed by atoms with E-state index in [-0.39, 0.29) is 5.75 Å². The summed E-state index contributed by atoms with van der Waals surface area (Å²) in [6.07, 6.45) is 3.51. The fourth-order valence-corrected chi connectivity index (χ4v) is 1.73. The Morgan fingerprint density at radius 2 is 2.29 bits per heavy atom. The van der Waals surface area contributed by atoms with Crippen molar-refractivity contribution in [2.45, 2.75) is 6.04 Å². The molecule has 0 aliphatic carbocycles. The number of carbonyl (C=O) groups is 1. The molecule has 0 fully saturated rings. The molecular weight excluding hydrogens is 218 g/mol. The molecule has 0 saturated heterocycles. The van der Waals surface area contributed by atoms with Crippen LogP contribution in [0.3, 0.4) is 0 Å². The van der Waals surface area contributed by atoms with Gasteiger partial charge in [-0.15, -0.1) is 0 Å². The van der Waals surface area contributed by atoms with Gasteiger partial charge in [0.25, 0.3) is 0 Å². The Hall–Kier alpha value is -2.61. The quantitative estimate of drug-likeness (QED) is 0.772. The van der Waals surface area contributed by atoms with Crippen LogP contribution in [-0.4, -0.2) is 16.5 Å². The topological polar surface area (TPSA) is 86.0 Å². The highest BCUT2D eigenvalue weighted by atomic mass is 16.3. The standard InChI is InChI=1S/C12H9N3O2/c13-4-10(15-7-16)9-6-14-5-8-2-1-3-11(17)12(8)9/h1-3,5-7,10,17H,(H,15,16). The fraction of sp³-hybridized carbons (Fsp3) is 0.0833. The molecule has 0 radical (unpaired) electrons. The van der Waals surface area contributed by atoms with Crippen molar-refractivity contribution in [2.75, 3.05) is 0 Å². The lowest BCUT2D eigenvalue weighted by molar-refractivity contribution is -0.109. The molecule has 1 aromatic heterocycles. The Bertz CT molecular complexity index is 599. The van der Waals surface area contributed by atoms with Crippen molar-refractivity contribution in [1.82, 2.24) is 10.3 Å². The van der Waals surface area contributed by atoms with Crippen LogP contribution in [0.15, 0.2) is 30.6 Å². The molecule has 0 aliphatic rings. The third kappa shape index (κ3) is 1.88. The molecule has 1 heterocycles. The van der Waals surface area contributed by atoms with Crippen molar-refractivity contribution in [3.63, 3.8) is 0 Å². The van der Waals surface area contributed by atoms with Gasteiger partial charge >= 0.3 is 0 Å². The van der Waals surface area contributed by atoms with Crippen LogP contribution in [0, 0.1) is 11.3 Å². The predicted molar refractivity (Wildman–Crippen MR) is 61.0 cm³/mol. The molecule has 2 N–H and O–H groups in total. The third-order valence-corrected chi connectivity index (χ3v) is 2.47. The molecule has 1 amide bonds. The van der Waals surface area contributed by atoms with E-state index in [0.29, 0.717) is 17.4 Å². The molecule has 84 valence electrons. The maximum Gasteiger partial charge on any atom is 0.208 e. The van der Waals surface area contributed by atoms with Crippen LogP contribution in [-0.2, 0) is 4.79 Å². The van der Waals surface area contributed by atoms with Gasteiger partial charge in [-0.1, -0.05) is 12.1 Å². The molecule has 5 nitrogen and oxygen atoms in total. The monoisotopic (exact) mass is 227 g/mol. The van der Waals surface area contributed by atoms with Gasteiger partial charge in [0.05, 0.1) is 6.07 Å². The Morgan fingerprint density at radius 1 is 1.47 bits per heavy atom. The van der Waals surface area contributed by atoms with Gasteiger partial charge < -0.3 is 10.4 Å². The van der Waals surface area contributed by atoms with E-state index in [1.54, 1.807) is 18.3 Å². The summed E-state index contributed by atoms with van der Waals surface area (Å²) in [5.41, 5.74) is 0.482. The van der Waals surface area contributed by atoms with Crippen molar-refractivity contribution in [3.05, 3.63) is 36.2 Å². The molecule has 1 atom stereocenters. The Morgan fingerprint density at radius 3 is 3.00 bits per heavy atom. The van der Waals surface area contributed by atoms with E-state index < -0.39 is 6.04 Å². The lowest BCUT2D eigenvalue weighted by Gasteiger charge is -2.11. The number of amides is 1. The normalized spacial score (nSPS) is 11.7. The number of carbonyl (C=O) groups excluding carboxylic acids is 1. The maximum absolute atomic E-state index is 10.4. The number of aromatic hydroxyl groups is 1. The summed E-state index contributed by atoms with van der Waals surface area (Å²) >= 11 is 0. The van der Waals surface area contributed by atoms with Crippen molar-refractivity contribution in [1.29, 1.82) is 5.26 Å². The van der Waals surface area contributed by atoms with Gasteiger partial charge in [0.2, 0.25) is 6.41 Å². The van der Waals surface area contributed by atoms with Crippen LogP contribution in [0.5, 0.6) is 5.75 Å². The number of hydrogen-bond acceptors (Lipinski definition) is 4. The number of phenols is 1. The van der Waals surface area contributed by atoms with Crippen LogP contribution < -0.4 is 5.32 Å². The Balaban J connectivity index is 2.69. The van der Waals surface area contributed by atoms with E-state index in [9.17, 15) is 9.90 Å². The van der Waals surface area contributed by atoms with Gasteiger partial charge in [-0.2, -0.15) is 5.26 Å². The smallest absolute Gasteiger partial charge is 0.208 e. The van der Waals surface area contributed by atoms with Crippen molar-refractivity contribution >= 4 is 17.2 Å². The van der Waals surface area contributed by atoms with Gasteiger partial charge in [-0.25, -0.2) is 0 Å². The number of pyridine rings is 1. The molecule has 0 saturated carbocycles. The van der Waals surface area contributed by atoms with Crippen LogP contribution in [0.1, 0.15) is 11.6 Å². The second-order valence-electron chi connectivity index (χ2n) is 3.45. The molecule has 0 aliphatic heterocycles. The van der Waals surface area contributed by atoms with Crippen molar-refractivity contribution < 1.29 is 9.90 Å². The van der Waals surface area contributed by atoms with Crippen LogP contribution in [0.2, 0.25) is 0 Å². The summed E-state index contributed by atoms with van der Waals surface area (Å²) in [6, 6.07) is 6.12. The largest absolute Gasteiger partial charge is 0.507 e. The van der Waals surface area contributed by atoms with E-state index >= 15 is 0 Å². The van der Waals surface area contributed by atoms with Gasteiger partial charge in [0.1, 0.15) is 11.8 Å². The average Bonchev–Trinajstić information content (AvgIpc) is 2.36. The van der Waals surface area contributed by atoms with Crippen molar-refractivity contribution in [2.24, 2.45) is 0 Å². The molecular formula is C12H9N3O2. The van der Waals surface area contributed by atoms with Gasteiger partial charge in [-0.05, 0) is 6.07 Å². The summed E-state index contributed by atoms with van der Waals surface area (Å²) in [7, 11) is 0. The number of phenolic OH excluding ortho intramolecular Hbond substituents is 1. The first-order valence-electron chi connectivity index (χ1n) is 4.93. The summed E-state index contributed by atoms with van der Waals surface area (Å²) in [5, 5.41) is 22.4. The maximum atomic E-state index is 10.4. The highest BCUT2D eigenvalue weighted by molar-refractivity contribution is 5.91. The summed E-state index contributed by atoms with van der Waals surface area (Å²) in [4.78, 5) is 14.4. The van der Waals surface area contributed by atoms with Crippen LogP contribution in [0.25, 0.3) is 10.8 Å². The molecule has 0 spiro atoms. The zero-order valence-corrected chi connectivity index (χ0v) is 8.79. The SMILES string of the molecule is N#CC(NC=O)c1cncc2cccc(O)c12. The number of fused-ring (bicyclic) bond motifs is 1. The van der Waals surface area contributed by atoms with Gasteiger partial charge in [0, 0.05) is 28.7 Å². The lowest BCUT2D eigenvalue weighted by Crippen LogP contribution is -2.18. The number of benzene rings is 1. The molecule has 2 aromatic rings. The van der Waals surface area contributed by atoms with E-state index in [0.717, 1.165) is 5.39 Å². The zero-order chi connectivity index (χ0) is 12.3. The molecule has 5 heteroatoms. The predicted octanol–water partition coefficient (Wildman–Crippen LogP) is 1.25. The third-order valence-electron chi connectivity index (χ3n) is 2.47. The highest BCUT2D eigenvalue weighted by Crippen LogP contribution is 2.30. The van der Waals surface area contributed by atoms with E-state index in [1.807, 2.05) is 6.07 Å². The minimum absolute atomic E-state index is 0.0628. The molecule has 17 heavy (non-hydrogen) atoms. The number of rotatable bonds is 3. The highest BCUT2D eigenvalue weighted by Gasteiger charge is 2.15. The first kappa shape index (κ1) is 10.9. The number of aromatic nitrogens is 1. The first-order chi connectivity index (χ1) is 8.27. The molecule has 2 rings (SSSR count). The summed E-state index contributed by atoms with van der Waals surface area (Å²) < 4.78 is 0. The number of nitrogens with one attached hydrogen (secondary N) is 1. The van der Waals surface area contributed by atoms with Crippen LogP contribution >= 0.6 is 0 Å². The fourth-order valence-electron chi connectivity index (χ4n) is 1.73. The Kier molecular flexibility index (Phi) is 2.88. The molecule has 1 aromatic carbocycles. The molecule has 1 unspecified atom stereocenters. The minimum Gasteiger partial charge on any atom is -0.507 e. The van der Waals surface area contributed by atoms with Crippen molar-refractivity contribution in [3.8, 4) is 11.8 Å². The van der Waals surface area contributed by atoms with Gasteiger partial charge in [0.15, 0.2) is 0 Å². The minimum atomic E-state index is -0.822. The van der Waals surface area contributed by atoms with E-state index in [2.05, 4.69) is 10.3 Å². The first-order valence-corrected chi connectivity index (χ1v) is 4.93. The lowest BCUT2D eigenvalue weighted by atomic mass is 10.0. The number of nitriles is 1. The van der Waals surface area contributed by atoms with E-state index in [1.165, 1.54) is 12.3 Å².